The Kier molecular flexibility index (Phi) is 5.40. The second-order valence-electron chi connectivity index (χ2n) is 3.85. The molecule has 0 unspecified atom stereocenters. The summed E-state index contributed by atoms with van der Waals surface area (Å²) < 4.78 is 10.6. The first-order chi connectivity index (χ1) is 6.38. The van der Waals surface area contributed by atoms with Crippen LogP contribution < -0.4 is 0 Å². The standard InChI is InChI=1S/C11H22O2/c1-3-4-5-6-7-8-10(12-2)11-9-13-11/h10-11H,3-9H2,1-2H3/t10-,11-/m1/s1. The van der Waals surface area contributed by atoms with Crippen molar-refractivity contribution in [1.82, 2.24) is 0 Å². The van der Waals surface area contributed by atoms with Crippen LogP contribution in [0, 0.1) is 0 Å². The molecule has 1 heterocycles. The highest BCUT2D eigenvalue weighted by Crippen LogP contribution is 2.21. The van der Waals surface area contributed by atoms with Gasteiger partial charge in [-0.2, -0.15) is 0 Å². The summed E-state index contributed by atoms with van der Waals surface area (Å²) in [6, 6.07) is 0. The largest absolute Gasteiger partial charge is 0.379 e. The summed E-state index contributed by atoms with van der Waals surface area (Å²) in [6.45, 7) is 3.16. The zero-order chi connectivity index (χ0) is 9.52. The van der Waals surface area contributed by atoms with E-state index in [1.165, 1.54) is 38.5 Å². The third-order valence-corrected chi connectivity index (χ3v) is 2.67. The molecule has 13 heavy (non-hydrogen) atoms. The lowest BCUT2D eigenvalue weighted by atomic mass is 10.1. The number of hydrogen-bond acceptors (Lipinski definition) is 2. The first-order valence-corrected chi connectivity index (χ1v) is 5.53. The quantitative estimate of drug-likeness (QED) is 0.429. The maximum absolute atomic E-state index is 5.36. The maximum atomic E-state index is 5.36. The molecule has 0 aromatic rings. The Morgan fingerprint density at radius 1 is 1.31 bits per heavy atom. The lowest BCUT2D eigenvalue weighted by Gasteiger charge is -2.11. The van der Waals surface area contributed by atoms with E-state index in [0.29, 0.717) is 12.2 Å². The molecule has 0 aliphatic carbocycles. The van der Waals surface area contributed by atoms with Crippen molar-refractivity contribution in [3.05, 3.63) is 0 Å². The highest BCUT2D eigenvalue weighted by atomic mass is 16.6. The zero-order valence-electron chi connectivity index (χ0n) is 8.92. The molecule has 0 saturated carbocycles. The molecule has 0 N–H and O–H groups in total. The van der Waals surface area contributed by atoms with Crippen LogP contribution in [0.1, 0.15) is 45.4 Å². The summed E-state index contributed by atoms with van der Waals surface area (Å²) in [5, 5.41) is 0. The van der Waals surface area contributed by atoms with Crippen molar-refractivity contribution in [3.8, 4) is 0 Å². The van der Waals surface area contributed by atoms with Gasteiger partial charge in [-0.05, 0) is 6.42 Å². The molecule has 2 nitrogen and oxygen atoms in total. The number of hydrogen-bond donors (Lipinski definition) is 0. The second kappa shape index (κ2) is 6.39. The van der Waals surface area contributed by atoms with Gasteiger partial charge in [0.05, 0.1) is 12.7 Å². The van der Waals surface area contributed by atoms with Gasteiger partial charge < -0.3 is 9.47 Å². The molecular formula is C11H22O2. The topological polar surface area (TPSA) is 21.8 Å². The van der Waals surface area contributed by atoms with E-state index in [0.717, 1.165) is 6.61 Å². The lowest BCUT2D eigenvalue weighted by Crippen LogP contribution is -2.17. The van der Waals surface area contributed by atoms with E-state index in [4.69, 9.17) is 9.47 Å². The van der Waals surface area contributed by atoms with Gasteiger partial charge in [0.2, 0.25) is 0 Å². The van der Waals surface area contributed by atoms with Crippen LogP contribution in [0.15, 0.2) is 0 Å². The van der Waals surface area contributed by atoms with E-state index in [1.54, 1.807) is 7.11 Å². The van der Waals surface area contributed by atoms with E-state index >= 15 is 0 Å². The smallest absolute Gasteiger partial charge is 0.107 e. The fraction of sp³-hybridized carbons (Fsp3) is 1.00. The molecule has 0 radical (unpaired) electrons. The fourth-order valence-corrected chi connectivity index (χ4v) is 1.67. The van der Waals surface area contributed by atoms with Gasteiger partial charge in [-0.1, -0.05) is 39.0 Å². The van der Waals surface area contributed by atoms with Crippen molar-refractivity contribution in [3.63, 3.8) is 0 Å². The van der Waals surface area contributed by atoms with Crippen LogP contribution in [-0.4, -0.2) is 25.9 Å². The van der Waals surface area contributed by atoms with Crippen LogP contribution in [-0.2, 0) is 9.47 Å². The predicted octanol–water partition coefficient (Wildman–Crippen LogP) is 2.76. The zero-order valence-corrected chi connectivity index (χ0v) is 8.92. The van der Waals surface area contributed by atoms with Gasteiger partial charge >= 0.3 is 0 Å². The van der Waals surface area contributed by atoms with Crippen LogP contribution in [0.2, 0.25) is 0 Å². The molecule has 0 aromatic heterocycles. The molecule has 2 atom stereocenters. The molecule has 2 heteroatoms. The van der Waals surface area contributed by atoms with Gasteiger partial charge in [-0.25, -0.2) is 0 Å². The van der Waals surface area contributed by atoms with Gasteiger partial charge in [0.15, 0.2) is 0 Å². The monoisotopic (exact) mass is 186 g/mol. The van der Waals surface area contributed by atoms with Crippen LogP contribution in [0.4, 0.5) is 0 Å². The molecule has 1 aliphatic heterocycles. The van der Waals surface area contributed by atoms with Crippen LogP contribution in [0.25, 0.3) is 0 Å². The van der Waals surface area contributed by atoms with Crippen molar-refractivity contribution in [1.29, 1.82) is 0 Å². The summed E-state index contributed by atoms with van der Waals surface area (Å²) in [5.74, 6) is 0. The van der Waals surface area contributed by atoms with Crippen LogP contribution in [0.3, 0.4) is 0 Å². The summed E-state index contributed by atoms with van der Waals surface area (Å²) in [5.41, 5.74) is 0. The number of rotatable bonds is 8. The van der Waals surface area contributed by atoms with Gasteiger partial charge in [0.25, 0.3) is 0 Å². The maximum Gasteiger partial charge on any atom is 0.107 e. The van der Waals surface area contributed by atoms with E-state index in [2.05, 4.69) is 6.92 Å². The molecule has 0 aromatic carbocycles. The first kappa shape index (κ1) is 11.0. The number of unbranched alkanes of at least 4 members (excludes halogenated alkanes) is 4. The fourth-order valence-electron chi connectivity index (χ4n) is 1.67. The van der Waals surface area contributed by atoms with Crippen LogP contribution in [0.5, 0.6) is 0 Å². The first-order valence-electron chi connectivity index (χ1n) is 5.53. The second-order valence-corrected chi connectivity index (χ2v) is 3.85. The number of epoxide rings is 1. The van der Waals surface area contributed by atoms with Crippen LogP contribution >= 0.6 is 0 Å². The molecule has 1 aliphatic rings. The average Bonchev–Trinajstić information content (AvgIpc) is 2.95. The minimum absolute atomic E-state index is 0.363. The van der Waals surface area contributed by atoms with Crippen molar-refractivity contribution in [2.45, 2.75) is 57.7 Å². The van der Waals surface area contributed by atoms with Gasteiger partial charge in [0, 0.05) is 7.11 Å². The lowest BCUT2D eigenvalue weighted by molar-refractivity contribution is 0.0673. The third-order valence-electron chi connectivity index (χ3n) is 2.67. The Morgan fingerprint density at radius 2 is 2.00 bits per heavy atom. The molecule has 78 valence electrons. The SMILES string of the molecule is CCCCCCC[C@@H](OC)[C@H]1CO1. The summed E-state index contributed by atoms with van der Waals surface area (Å²) >= 11 is 0. The number of ether oxygens (including phenoxy) is 2. The Hall–Kier alpha value is -0.0800. The molecule has 0 bridgehead atoms. The highest BCUT2D eigenvalue weighted by molar-refractivity contribution is 4.79. The molecule has 0 spiro atoms. The summed E-state index contributed by atoms with van der Waals surface area (Å²) in [4.78, 5) is 0. The summed E-state index contributed by atoms with van der Waals surface area (Å²) in [6.07, 6.45) is 8.65. The number of methoxy groups -OCH3 is 1. The molecule has 1 rings (SSSR count). The minimum Gasteiger partial charge on any atom is -0.379 e. The molecule has 0 amide bonds. The van der Waals surface area contributed by atoms with E-state index in [-0.39, 0.29) is 0 Å². The van der Waals surface area contributed by atoms with Crippen molar-refractivity contribution >= 4 is 0 Å². The van der Waals surface area contributed by atoms with Gasteiger partial charge in [0.1, 0.15) is 6.10 Å². The van der Waals surface area contributed by atoms with E-state index in [9.17, 15) is 0 Å². The van der Waals surface area contributed by atoms with Crippen molar-refractivity contribution in [2.75, 3.05) is 13.7 Å². The predicted molar refractivity (Wildman–Crippen MR) is 53.9 cm³/mol. The molecule has 1 saturated heterocycles. The highest BCUT2D eigenvalue weighted by Gasteiger charge is 2.32. The summed E-state index contributed by atoms with van der Waals surface area (Å²) in [7, 11) is 1.79. The van der Waals surface area contributed by atoms with E-state index < -0.39 is 0 Å². The normalized spacial score (nSPS) is 23.1. The van der Waals surface area contributed by atoms with Gasteiger partial charge in [-0.3, -0.25) is 0 Å². The molecule has 1 fully saturated rings. The van der Waals surface area contributed by atoms with E-state index in [1.807, 2.05) is 0 Å². The third kappa shape index (κ3) is 4.63. The Labute approximate surface area is 81.6 Å². The Morgan fingerprint density at radius 3 is 2.54 bits per heavy atom. The van der Waals surface area contributed by atoms with Crippen molar-refractivity contribution < 1.29 is 9.47 Å². The minimum atomic E-state index is 0.363. The van der Waals surface area contributed by atoms with Crippen molar-refractivity contribution in [2.24, 2.45) is 0 Å². The molecular weight excluding hydrogens is 164 g/mol. The Bertz CT molecular complexity index is 121. The van der Waals surface area contributed by atoms with Gasteiger partial charge in [-0.15, -0.1) is 0 Å². The Balaban J connectivity index is 1.90. The average molecular weight is 186 g/mol.